The maximum Gasteiger partial charge on any atom is 0.494 e. The summed E-state index contributed by atoms with van der Waals surface area (Å²) in [6.45, 7) is 8.18. The van der Waals surface area contributed by atoms with E-state index in [1.54, 1.807) is 0 Å². The van der Waals surface area contributed by atoms with E-state index in [0.29, 0.717) is 5.95 Å². The fraction of sp³-hybridized carbons (Fsp3) is 0.571. The molecule has 1 amide bonds. The van der Waals surface area contributed by atoms with Crippen molar-refractivity contribution in [2.45, 2.75) is 76.7 Å². The summed E-state index contributed by atoms with van der Waals surface area (Å²) in [5.41, 5.74) is 6.16. The minimum atomic E-state index is -0.704. The molecule has 2 aromatic rings. The lowest BCUT2D eigenvalue weighted by molar-refractivity contribution is 0.00578. The third kappa shape index (κ3) is 4.22. The van der Waals surface area contributed by atoms with Crippen molar-refractivity contribution < 1.29 is 18.8 Å². The van der Waals surface area contributed by atoms with Gasteiger partial charge in [-0.15, -0.1) is 0 Å². The lowest BCUT2D eigenvalue weighted by Crippen LogP contribution is -2.41. The molecule has 0 spiro atoms. The van der Waals surface area contributed by atoms with Crippen LogP contribution in [0.3, 0.4) is 0 Å². The van der Waals surface area contributed by atoms with Crippen molar-refractivity contribution in [1.82, 2.24) is 9.97 Å². The smallest absolute Gasteiger partial charge is 0.446 e. The van der Waals surface area contributed by atoms with Crippen LogP contribution in [0.2, 0.25) is 0 Å². The Balaban J connectivity index is 1.42. The van der Waals surface area contributed by atoms with E-state index in [0.717, 1.165) is 42.0 Å². The fourth-order valence-electron chi connectivity index (χ4n) is 3.92. The average Bonchev–Trinajstić information content (AvgIpc) is 2.90. The number of fused-ring (bicyclic) bond motifs is 1. The minimum absolute atomic E-state index is 0.0912. The van der Waals surface area contributed by atoms with Crippen LogP contribution in [0.1, 0.15) is 53.4 Å². The van der Waals surface area contributed by atoms with E-state index < -0.39 is 13.2 Å². The Bertz CT molecular complexity index is 928. The molecule has 160 valence electrons. The summed E-state index contributed by atoms with van der Waals surface area (Å²) < 4.78 is 17.4. The van der Waals surface area contributed by atoms with Crippen molar-refractivity contribution in [3.05, 3.63) is 24.4 Å². The highest BCUT2D eigenvalue weighted by Gasteiger charge is 2.51. The number of aromatic nitrogens is 2. The Morgan fingerprint density at radius 3 is 2.47 bits per heavy atom. The predicted molar refractivity (Wildman–Crippen MR) is 116 cm³/mol. The van der Waals surface area contributed by atoms with Gasteiger partial charge in [0.25, 0.3) is 0 Å². The van der Waals surface area contributed by atoms with Crippen molar-refractivity contribution in [2.24, 2.45) is 5.73 Å². The van der Waals surface area contributed by atoms with Gasteiger partial charge in [0.2, 0.25) is 5.95 Å². The second-order valence-electron chi connectivity index (χ2n) is 9.15. The van der Waals surface area contributed by atoms with Gasteiger partial charge in [-0.25, -0.2) is 14.8 Å². The zero-order valence-corrected chi connectivity index (χ0v) is 18.0. The first-order valence-corrected chi connectivity index (χ1v) is 10.5. The van der Waals surface area contributed by atoms with Crippen LogP contribution in [0.5, 0.6) is 0 Å². The predicted octanol–water partition coefficient (Wildman–Crippen LogP) is 2.75. The number of amides is 1. The number of rotatable bonds is 4. The van der Waals surface area contributed by atoms with Gasteiger partial charge in [-0.2, -0.15) is 0 Å². The standard InChI is InChI=1S/C21H29BN4O4/c1-20(2)21(3,4)30-22(29-20)14-5-10-17-13(11-14)12-24-19(26-17)25-15-6-8-16(9-7-15)28-18(23)27/h5,10-12,15-16H,6-9H2,1-4H3,(H2,23,27)(H,24,25,26). The Morgan fingerprint density at radius 1 is 1.17 bits per heavy atom. The van der Waals surface area contributed by atoms with E-state index in [1.165, 1.54) is 0 Å². The molecule has 8 nitrogen and oxygen atoms in total. The molecule has 1 aromatic heterocycles. The van der Waals surface area contributed by atoms with E-state index in [-0.39, 0.29) is 23.3 Å². The Morgan fingerprint density at radius 2 is 1.83 bits per heavy atom. The summed E-state index contributed by atoms with van der Waals surface area (Å²) >= 11 is 0. The van der Waals surface area contributed by atoms with Crippen molar-refractivity contribution in [2.75, 3.05) is 5.32 Å². The topological polar surface area (TPSA) is 109 Å². The number of carbonyl (C=O) groups excluding carboxylic acids is 1. The molecule has 3 N–H and O–H groups in total. The van der Waals surface area contributed by atoms with Gasteiger partial charge in [-0.1, -0.05) is 12.1 Å². The number of primary amides is 1. The first-order chi connectivity index (χ1) is 14.1. The van der Waals surface area contributed by atoms with E-state index in [9.17, 15) is 4.79 Å². The van der Waals surface area contributed by atoms with Crippen molar-refractivity contribution in [1.29, 1.82) is 0 Å². The third-order valence-electron chi connectivity index (χ3n) is 6.42. The molecule has 0 radical (unpaired) electrons. The molecular weight excluding hydrogens is 383 g/mol. The van der Waals surface area contributed by atoms with Gasteiger partial charge < -0.3 is 25.1 Å². The van der Waals surface area contributed by atoms with Crippen LogP contribution in [0, 0.1) is 0 Å². The maximum atomic E-state index is 10.9. The van der Waals surface area contributed by atoms with E-state index in [2.05, 4.69) is 15.3 Å². The SMILES string of the molecule is CC1(C)OB(c2ccc3nc(NC4CCC(OC(N)=O)CC4)ncc3c2)OC1(C)C. The summed E-state index contributed by atoms with van der Waals surface area (Å²) in [7, 11) is -0.407. The largest absolute Gasteiger partial charge is 0.494 e. The fourth-order valence-corrected chi connectivity index (χ4v) is 3.92. The van der Waals surface area contributed by atoms with Crippen molar-refractivity contribution in [3.8, 4) is 0 Å². The van der Waals surface area contributed by atoms with Gasteiger partial charge in [0, 0.05) is 17.6 Å². The molecule has 9 heteroatoms. The van der Waals surface area contributed by atoms with Crippen LogP contribution in [0.4, 0.5) is 10.7 Å². The monoisotopic (exact) mass is 412 g/mol. The van der Waals surface area contributed by atoms with Gasteiger partial charge in [0.05, 0.1) is 16.7 Å². The zero-order chi connectivity index (χ0) is 21.5. The number of benzene rings is 1. The van der Waals surface area contributed by atoms with Crippen LogP contribution >= 0.6 is 0 Å². The van der Waals surface area contributed by atoms with E-state index >= 15 is 0 Å². The molecular formula is C21H29BN4O4. The van der Waals surface area contributed by atoms with Crippen LogP contribution < -0.4 is 16.5 Å². The highest BCUT2D eigenvalue weighted by molar-refractivity contribution is 6.62. The molecule has 30 heavy (non-hydrogen) atoms. The lowest BCUT2D eigenvalue weighted by Gasteiger charge is -2.32. The lowest BCUT2D eigenvalue weighted by atomic mass is 9.78. The van der Waals surface area contributed by atoms with E-state index in [1.807, 2.05) is 52.1 Å². The summed E-state index contributed by atoms with van der Waals surface area (Å²) in [5.74, 6) is 0.602. The summed E-state index contributed by atoms with van der Waals surface area (Å²) in [6.07, 6.45) is 4.34. The normalized spacial score (nSPS) is 25.3. The van der Waals surface area contributed by atoms with Gasteiger partial charge in [-0.3, -0.25) is 0 Å². The number of carbonyl (C=O) groups is 1. The quantitative estimate of drug-likeness (QED) is 0.744. The van der Waals surface area contributed by atoms with Crippen LogP contribution in [0.25, 0.3) is 10.9 Å². The summed E-state index contributed by atoms with van der Waals surface area (Å²) in [6, 6.07) is 6.24. The molecule has 1 saturated carbocycles. The first kappa shape index (κ1) is 20.9. The van der Waals surface area contributed by atoms with E-state index in [4.69, 9.17) is 19.8 Å². The molecule has 0 bridgehead atoms. The summed E-state index contributed by atoms with van der Waals surface area (Å²) in [4.78, 5) is 20.0. The van der Waals surface area contributed by atoms with Crippen LogP contribution in [-0.4, -0.2) is 46.5 Å². The Kier molecular flexibility index (Phi) is 5.36. The van der Waals surface area contributed by atoms with Gasteiger partial charge in [0.1, 0.15) is 6.10 Å². The molecule has 1 aliphatic heterocycles. The minimum Gasteiger partial charge on any atom is -0.446 e. The number of ether oxygens (including phenoxy) is 1. The summed E-state index contributed by atoms with van der Waals surface area (Å²) in [5, 5.41) is 4.33. The van der Waals surface area contributed by atoms with Crippen LogP contribution in [0.15, 0.2) is 24.4 Å². The second-order valence-corrected chi connectivity index (χ2v) is 9.15. The van der Waals surface area contributed by atoms with Gasteiger partial charge in [-0.05, 0) is 64.9 Å². The molecule has 2 aliphatic rings. The molecule has 1 aromatic carbocycles. The number of hydrogen-bond acceptors (Lipinski definition) is 7. The highest BCUT2D eigenvalue weighted by Crippen LogP contribution is 2.36. The Labute approximate surface area is 177 Å². The molecule has 2 fully saturated rings. The molecule has 1 saturated heterocycles. The maximum absolute atomic E-state index is 10.9. The average molecular weight is 412 g/mol. The molecule has 2 heterocycles. The first-order valence-electron chi connectivity index (χ1n) is 10.5. The Hall–Kier alpha value is -2.39. The number of nitrogens with zero attached hydrogens (tertiary/aromatic N) is 2. The highest BCUT2D eigenvalue weighted by atomic mass is 16.7. The van der Waals surface area contributed by atoms with Gasteiger partial charge in [0.15, 0.2) is 0 Å². The molecule has 0 unspecified atom stereocenters. The zero-order valence-electron chi connectivity index (χ0n) is 18.0. The number of hydrogen-bond donors (Lipinski definition) is 2. The third-order valence-corrected chi connectivity index (χ3v) is 6.42. The molecule has 1 aliphatic carbocycles. The number of anilines is 1. The van der Waals surface area contributed by atoms with Gasteiger partial charge >= 0.3 is 13.2 Å². The molecule has 4 rings (SSSR count). The van der Waals surface area contributed by atoms with Crippen LogP contribution in [-0.2, 0) is 14.0 Å². The van der Waals surface area contributed by atoms with Crippen molar-refractivity contribution >= 4 is 35.5 Å². The number of nitrogens with one attached hydrogen (secondary N) is 1. The molecule has 0 atom stereocenters. The van der Waals surface area contributed by atoms with Crippen molar-refractivity contribution in [3.63, 3.8) is 0 Å². The number of nitrogens with two attached hydrogens (primary N) is 1. The second kappa shape index (κ2) is 7.70.